The minimum Gasteiger partial charge on any atom is -0.496 e. The molecule has 1 fully saturated rings. The summed E-state index contributed by atoms with van der Waals surface area (Å²) < 4.78 is 5.35. The second kappa shape index (κ2) is 7.62. The molecule has 1 aromatic heterocycles. The van der Waals surface area contributed by atoms with E-state index in [0.717, 1.165) is 10.6 Å². The number of nitrogens with zero attached hydrogens (tertiary/aromatic N) is 4. The van der Waals surface area contributed by atoms with Gasteiger partial charge in [-0.15, -0.1) is 16.8 Å². The van der Waals surface area contributed by atoms with Gasteiger partial charge in [-0.2, -0.15) is 4.99 Å². The van der Waals surface area contributed by atoms with Crippen LogP contribution in [0, 0.1) is 6.92 Å². The van der Waals surface area contributed by atoms with Gasteiger partial charge in [0, 0.05) is 12.1 Å². The number of para-hydroxylation sites is 1. The summed E-state index contributed by atoms with van der Waals surface area (Å²) in [5.74, 6) is 0.597. The smallest absolute Gasteiger partial charge is 0.267 e. The molecule has 1 aromatic carbocycles. The number of hydrogen-bond acceptors (Lipinski definition) is 7. The van der Waals surface area contributed by atoms with Crippen molar-refractivity contribution in [1.82, 2.24) is 15.1 Å². The maximum absolute atomic E-state index is 12.7. The van der Waals surface area contributed by atoms with E-state index in [1.165, 1.54) is 23.1 Å². The predicted octanol–water partition coefficient (Wildman–Crippen LogP) is 3.65. The van der Waals surface area contributed by atoms with Crippen molar-refractivity contribution < 1.29 is 9.53 Å². The molecule has 128 valence electrons. The van der Waals surface area contributed by atoms with Crippen molar-refractivity contribution in [3.8, 4) is 5.75 Å². The van der Waals surface area contributed by atoms with Crippen molar-refractivity contribution in [2.75, 3.05) is 13.7 Å². The fourth-order valence-electron chi connectivity index (χ4n) is 2.22. The molecule has 0 spiro atoms. The molecule has 2 aromatic rings. The minimum absolute atomic E-state index is 0.115. The zero-order valence-corrected chi connectivity index (χ0v) is 15.4. The number of rotatable bonds is 5. The Kier molecular flexibility index (Phi) is 5.30. The Hall–Kier alpha value is -2.45. The predicted molar refractivity (Wildman–Crippen MR) is 102 cm³/mol. The standard InChI is InChI=1S/C17H16N4O2S2/c1-4-9-21-15(22)14(10-12-7-5-6-8-13(12)23-3)25-17(21)18-16-20-19-11(2)24-16/h4-8,10H,1,9H2,2-3H3/b14-10+,18-17?. The summed E-state index contributed by atoms with van der Waals surface area (Å²) in [5.41, 5.74) is 0.840. The van der Waals surface area contributed by atoms with Crippen LogP contribution in [0.4, 0.5) is 5.13 Å². The van der Waals surface area contributed by atoms with E-state index in [9.17, 15) is 4.79 Å². The third-order valence-corrected chi connectivity index (χ3v) is 5.07. The van der Waals surface area contributed by atoms with Crippen LogP contribution >= 0.6 is 23.1 Å². The number of thioether (sulfide) groups is 1. The molecule has 1 amide bonds. The summed E-state index contributed by atoms with van der Waals surface area (Å²) in [7, 11) is 1.61. The highest BCUT2D eigenvalue weighted by Gasteiger charge is 2.33. The Morgan fingerprint density at radius 3 is 2.84 bits per heavy atom. The van der Waals surface area contributed by atoms with Crippen LogP contribution in [0.5, 0.6) is 5.75 Å². The molecule has 0 radical (unpaired) electrons. The topological polar surface area (TPSA) is 67.7 Å². The molecule has 2 heterocycles. The van der Waals surface area contributed by atoms with Crippen LogP contribution in [0.1, 0.15) is 10.6 Å². The number of amidine groups is 1. The summed E-state index contributed by atoms with van der Waals surface area (Å²) in [6.07, 6.45) is 3.49. The van der Waals surface area contributed by atoms with E-state index in [4.69, 9.17) is 4.74 Å². The summed E-state index contributed by atoms with van der Waals surface area (Å²) in [6, 6.07) is 7.55. The molecule has 0 saturated carbocycles. The maximum atomic E-state index is 12.7. The highest BCUT2D eigenvalue weighted by atomic mass is 32.2. The lowest BCUT2D eigenvalue weighted by Gasteiger charge is -2.11. The van der Waals surface area contributed by atoms with Crippen LogP contribution in [0.15, 0.2) is 46.8 Å². The van der Waals surface area contributed by atoms with E-state index in [-0.39, 0.29) is 5.91 Å². The van der Waals surface area contributed by atoms with Gasteiger partial charge in [0.2, 0.25) is 5.13 Å². The second-order valence-electron chi connectivity index (χ2n) is 5.06. The van der Waals surface area contributed by atoms with Crippen molar-refractivity contribution >= 4 is 45.4 Å². The zero-order chi connectivity index (χ0) is 17.8. The lowest BCUT2D eigenvalue weighted by molar-refractivity contribution is -0.121. The number of hydrogen-bond donors (Lipinski definition) is 0. The number of amides is 1. The number of carbonyl (C=O) groups is 1. The summed E-state index contributed by atoms with van der Waals surface area (Å²) in [5, 5.41) is 9.88. The van der Waals surface area contributed by atoms with Gasteiger partial charge in [0.05, 0.1) is 12.0 Å². The van der Waals surface area contributed by atoms with E-state index >= 15 is 0 Å². The molecule has 0 aliphatic carbocycles. The molecule has 6 nitrogen and oxygen atoms in total. The second-order valence-corrected chi connectivity index (χ2v) is 7.22. The lowest BCUT2D eigenvalue weighted by Crippen LogP contribution is -2.29. The molecule has 1 aliphatic heterocycles. The molecule has 3 rings (SSSR count). The van der Waals surface area contributed by atoms with Crippen LogP contribution in [0.2, 0.25) is 0 Å². The Labute approximate surface area is 153 Å². The first-order valence-electron chi connectivity index (χ1n) is 7.46. The number of methoxy groups -OCH3 is 1. The van der Waals surface area contributed by atoms with E-state index < -0.39 is 0 Å². The molecule has 0 bridgehead atoms. The van der Waals surface area contributed by atoms with Gasteiger partial charge in [0.15, 0.2) is 5.17 Å². The van der Waals surface area contributed by atoms with Crippen LogP contribution < -0.4 is 4.74 Å². The van der Waals surface area contributed by atoms with E-state index in [2.05, 4.69) is 21.8 Å². The number of benzene rings is 1. The largest absolute Gasteiger partial charge is 0.496 e. The fraction of sp³-hybridized carbons (Fsp3) is 0.176. The number of aryl methyl sites for hydroxylation is 1. The first-order valence-corrected chi connectivity index (χ1v) is 9.10. The third kappa shape index (κ3) is 3.80. The highest BCUT2D eigenvalue weighted by Crippen LogP contribution is 2.35. The minimum atomic E-state index is -0.115. The van der Waals surface area contributed by atoms with Crippen molar-refractivity contribution in [3.05, 3.63) is 52.4 Å². The molecule has 0 atom stereocenters. The van der Waals surface area contributed by atoms with Crippen molar-refractivity contribution in [3.63, 3.8) is 0 Å². The molecular formula is C17H16N4O2S2. The van der Waals surface area contributed by atoms with Gasteiger partial charge >= 0.3 is 0 Å². The van der Waals surface area contributed by atoms with Crippen molar-refractivity contribution in [2.45, 2.75) is 6.92 Å². The third-order valence-electron chi connectivity index (χ3n) is 3.33. The van der Waals surface area contributed by atoms with Gasteiger partial charge < -0.3 is 4.74 Å². The Morgan fingerprint density at radius 1 is 1.36 bits per heavy atom. The molecule has 8 heteroatoms. The number of carbonyl (C=O) groups excluding carboxylic acids is 1. The van der Waals surface area contributed by atoms with Gasteiger partial charge in [-0.3, -0.25) is 9.69 Å². The maximum Gasteiger partial charge on any atom is 0.267 e. The molecule has 1 aliphatic rings. The van der Waals surface area contributed by atoms with Gasteiger partial charge in [0.25, 0.3) is 5.91 Å². The summed E-state index contributed by atoms with van der Waals surface area (Å²) in [4.78, 5) is 19.4. The fourth-order valence-corrected chi connectivity index (χ4v) is 3.82. The van der Waals surface area contributed by atoms with E-state index in [1.54, 1.807) is 18.1 Å². The molecule has 25 heavy (non-hydrogen) atoms. The van der Waals surface area contributed by atoms with Gasteiger partial charge in [0.1, 0.15) is 10.8 Å². The van der Waals surface area contributed by atoms with E-state index in [0.29, 0.717) is 27.5 Å². The quantitative estimate of drug-likeness (QED) is 0.592. The van der Waals surface area contributed by atoms with Crippen LogP contribution in [-0.2, 0) is 4.79 Å². The normalized spacial score (nSPS) is 17.5. The SMILES string of the molecule is C=CCN1C(=O)/C(=C\c2ccccc2OC)SC1=Nc1nnc(C)s1. The van der Waals surface area contributed by atoms with Gasteiger partial charge in [-0.05, 0) is 30.8 Å². The molecular weight excluding hydrogens is 356 g/mol. The van der Waals surface area contributed by atoms with Gasteiger partial charge in [-0.25, -0.2) is 0 Å². The highest BCUT2D eigenvalue weighted by molar-refractivity contribution is 8.18. The zero-order valence-electron chi connectivity index (χ0n) is 13.8. The van der Waals surface area contributed by atoms with Crippen LogP contribution in [0.25, 0.3) is 6.08 Å². The Bertz CT molecular complexity index is 873. The first-order chi connectivity index (χ1) is 12.1. The molecule has 0 unspecified atom stereocenters. The average Bonchev–Trinajstić information content (AvgIpc) is 3.14. The summed E-state index contributed by atoms with van der Waals surface area (Å²) in [6.45, 7) is 5.96. The van der Waals surface area contributed by atoms with Crippen LogP contribution in [0.3, 0.4) is 0 Å². The Balaban J connectivity index is 1.97. The average molecular weight is 372 g/mol. The summed E-state index contributed by atoms with van der Waals surface area (Å²) >= 11 is 2.69. The first kappa shape index (κ1) is 17.4. The van der Waals surface area contributed by atoms with E-state index in [1.807, 2.05) is 37.3 Å². The number of aliphatic imine (C=N–C) groups is 1. The lowest BCUT2D eigenvalue weighted by atomic mass is 10.2. The van der Waals surface area contributed by atoms with Crippen molar-refractivity contribution in [2.24, 2.45) is 4.99 Å². The van der Waals surface area contributed by atoms with Gasteiger partial charge in [-0.1, -0.05) is 35.6 Å². The Morgan fingerprint density at radius 2 is 2.16 bits per heavy atom. The molecule has 0 N–H and O–H groups in total. The monoisotopic (exact) mass is 372 g/mol. The number of ether oxygens (including phenoxy) is 1. The molecule has 1 saturated heterocycles. The van der Waals surface area contributed by atoms with Crippen molar-refractivity contribution in [1.29, 1.82) is 0 Å². The number of aromatic nitrogens is 2. The van der Waals surface area contributed by atoms with Crippen LogP contribution in [-0.4, -0.2) is 39.8 Å².